The predicted octanol–water partition coefficient (Wildman–Crippen LogP) is 5.33. The number of hydrogen-bond donors (Lipinski definition) is 0. The van der Waals surface area contributed by atoms with Gasteiger partial charge < -0.3 is 23.4 Å². The van der Waals surface area contributed by atoms with E-state index in [1.165, 1.54) is 12.0 Å². The molecule has 0 spiro atoms. The molecule has 3 rings (SSSR count). The summed E-state index contributed by atoms with van der Waals surface area (Å²) in [4.78, 5) is 27.2. The number of carbonyl (C=O) groups excluding carboxylic acids is 2. The van der Waals surface area contributed by atoms with Crippen molar-refractivity contribution in [3.05, 3.63) is 59.2 Å². The molecule has 202 valence electrons. The summed E-state index contributed by atoms with van der Waals surface area (Å²) >= 11 is 0. The van der Waals surface area contributed by atoms with E-state index in [0.29, 0.717) is 30.1 Å². The van der Waals surface area contributed by atoms with Gasteiger partial charge >= 0.3 is 6.09 Å². The molecule has 2 aromatic carbocycles. The Morgan fingerprint density at radius 3 is 2.41 bits per heavy atom. The molecule has 1 aliphatic rings. The monoisotopic (exact) mass is 529 g/mol. The van der Waals surface area contributed by atoms with Crippen LogP contribution in [0, 0.1) is 0 Å². The normalized spacial score (nSPS) is 16.0. The molecular weight excluding hydrogens is 490 g/mol. The van der Waals surface area contributed by atoms with E-state index in [9.17, 15) is 9.59 Å². The molecular formula is C28H39NO7Si. The highest BCUT2D eigenvalue weighted by molar-refractivity contribution is 6.74. The molecule has 0 aromatic heterocycles. The summed E-state index contributed by atoms with van der Waals surface area (Å²) in [6, 6.07) is 13.0. The van der Waals surface area contributed by atoms with Crippen molar-refractivity contribution in [3.63, 3.8) is 0 Å². The average Bonchev–Trinajstić information content (AvgIpc) is 3.21. The summed E-state index contributed by atoms with van der Waals surface area (Å²) in [5, 5.41) is 0.0461. The van der Waals surface area contributed by atoms with Crippen LogP contribution in [0.3, 0.4) is 0 Å². The third-order valence-corrected chi connectivity index (χ3v) is 11.6. The van der Waals surface area contributed by atoms with Crippen LogP contribution < -0.4 is 9.47 Å². The molecule has 37 heavy (non-hydrogen) atoms. The third kappa shape index (κ3) is 7.12. The predicted molar refractivity (Wildman–Crippen MR) is 143 cm³/mol. The van der Waals surface area contributed by atoms with Gasteiger partial charge in [0, 0.05) is 24.3 Å². The minimum Gasteiger partial charge on any atom is -0.496 e. The summed E-state index contributed by atoms with van der Waals surface area (Å²) in [6.45, 7) is 11.4. The fourth-order valence-corrected chi connectivity index (χ4v) is 4.83. The first-order valence-corrected chi connectivity index (χ1v) is 15.4. The molecule has 1 aliphatic heterocycles. The molecule has 0 aliphatic carbocycles. The number of cyclic esters (lactones) is 1. The SMILES string of the molecule is COCOc1cc(OC)c(CO[Si](C)(C)C(C)(C)C)cc1CC(=O)N1C(=O)OC[C@@H]1Cc1ccccc1. The average molecular weight is 530 g/mol. The quantitative estimate of drug-likeness (QED) is 0.287. The number of methoxy groups -OCH3 is 2. The number of nitrogens with zero attached hydrogens (tertiary/aromatic N) is 1. The Bertz CT molecular complexity index is 1080. The Kier molecular flexibility index (Phi) is 9.39. The number of amides is 2. The molecule has 2 aromatic rings. The second-order valence-corrected chi connectivity index (χ2v) is 15.5. The lowest BCUT2D eigenvalue weighted by molar-refractivity contribution is -0.128. The maximum atomic E-state index is 13.4. The second kappa shape index (κ2) is 12.1. The highest BCUT2D eigenvalue weighted by Crippen LogP contribution is 2.38. The number of hydrogen-bond acceptors (Lipinski definition) is 7. The Morgan fingerprint density at radius 2 is 1.78 bits per heavy atom. The first-order chi connectivity index (χ1) is 17.5. The number of ether oxygens (including phenoxy) is 4. The Hall–Kier alpha value is -2.88. The van der Waals surface area contributed by atoms with Gasteiger partial charge in [0.15, 0.2) is 15.1 Å². The van der Waals surface area contributed by atoms with Crippen molar-refractivity contribution in [2.24, 2.45) is 0 Å². The molecule has 0 unspecified atom stereocenters. The van der Waals surface area contributed by atoms with Crippen molar-refractivity contribution >= 4 is 20.3 Å². The number of benzene rings is 2. The van der Waals surface area contributed by atoms with Crippen molar-refractivity contribution in [3.8, 4) is 11.5 Å². The number of rotatable bonds is 11. The maximum absolute atomic E-state index is 13.4. The summed E-state index contributed by atoms with van der Waals surface area (Å²) in [5.41, 5.74) is 2.46. The second-order valence-electron chi connectivity index (χ2n) is 10.7. The van der Waals surface area contributed by atoms with E-state index >= 15 is 0 Å². The van der Waals surface area contributed by atoms with Gasteiger partial charge in [-0.25, -0.2) is 9.69 Å². The van der Waals surface area contributed by atoms with E-state index in [2.05, 4.69) is 33.9 Å². The highest BCUT2D eigenvalue weighted by atomic mass is 28.4. The molecule has 1 atom stereocenters. The zero-order valence-electron chi connectivity index (χ0n) is 23.0. The summed E-state index contributed by atoms with van der Waals surface area (Å²) in [5.74, 6) is 0.700. The Labute approximate surface area is 220 Å². The molecule has 0 radical (unpaired) electrons. The minimum absolute atomic E-state index is 0.00650. The molecule has 1 heterocycles. The standard InChI is InChI=1S/C28H39NO7Si/c1-28(2,3)37(6,7)36-17-22-14-21(25(35-19-32-4)16-24(22)33-5)15-26(30)29-23(18-34-27(29)31)13-20-11-9-8-10-12-20/h8-12,14,16,23H,13,15,17-19H2,1-7H3/t23-/m0/s1. The molecule has 0 N–H and O–H groups in total. The molecule has 8 nitrogen and oxygen atoms in total. The first-order valence-electron chi connectivity index (χ1n) is 12.4. The number of imide groups is 1. The van der Waals surface area contributed by atoms with Gasteiger partial charge in [-0.05, 0) is 36.2 Å². The van der Waals surface area contributed by atoms with E-state index < -0.39 is 14.4 Å². The fourth-order valence-electron chi connectivity index (χ4n) is 3.88. The fraction of sp³-hybridized carbons (Fsp3) is 0.500. The number of carbonyl (C=O) groups is 2. The zero-order chi connectivity index (χ0) is 27.2. The molecule has 1 fully saturated rings. The van der Waals surface area contributed by atoms with Gasteiger partial charge in [0.05, 0.1) is 26.2 Å². The van der Waals surface area contributed by atoms with E-state index in [4.69, 9.17) is 23.4 Å². The molecule has 2 amide bonds. The smallest absolute Gasteiger partial charge is 0.416 e. The van der Waals surface area contributed by atoms with Gasteiger partial charge in [-0.2, -0.15) is 0 Å². The Balaban J connectivity index is 1.87. The summed E-state index contributed by atoms with van der Waals surface area (Å²) in [7, 11) is 1.09. The molecule has 0 bridgehead atoms. The van der Waals surface area contributed by atoms with Crippen LogP contribution in [-0.4, -0.2) is 58.9 Å². The van der Waals surface area contributed by atoms with Crippen molar-refractivity contribution in [2.75, 3.05) is 27.6 Å². The van der Waals surface area contributed by atoms with Crippen molar-refractivity contribution in [2.45, 2.75) is 64.4 Å². The minimum atomic E-state index is -2.03. The van der Waals surface area contributed by atoms with Crippen LogP contribution in [0.2, 0.25) is 18.1 Å². The highest BCUT2D eigenvalue weighted by Gasteiger charge is 2.39. The van der Waals surface area contributed by atoms with Crippen molar-refractivity contribution in [1.29, 1.82) is 0 Å². The van der Waals surface area contributed by atoms with Gasteiger partial charge in [0.2, 0.25) is 5.91 Å². The third-order valence-electron chi connectivity index (χ3n) is 7.08. The zero-order valence-corrected chi connectivity index (χ0v) is 24.0. The van der Waals surface area contributed by atoms with Crippen LogP contribution in [0.1, 0.15) is 37.5 Å². The molecule has 1 saturated heterocycles. The van der Waals surface area contributed by atoms with E-state index in [1.807, 2.05) is 36.4 Å². The van der Waals surface area contributed by atoms with Gasteiger partial charge in [0.25, 0.3) is 0 Å². The first kappa shape index (κ1) is 28.7. The van der Waals surface area contributed by atoms with Crippen LogP contribution in [0.25, 0.3) is 0 Å². The maximum Gasteiger partial charge on any atom is 0.416 e. The summed E-state index contributed by atoms with van der Waals surface area (Å²) in [6.07, 6.45) is -0.143. The van der Waals surface area contributed by atoms with E-state index in [0.717, 1.165) is 11.1 Å². The molecule has 0 saturated carbocycles. The lowest BCUT2D eigenvalue weighted by atomic mass is 10.0. The van der Waals surface area contributed by atoms with Crippen molar-refractivity contribution < 1.29 is 33.0 Å². The van der Waals surface area contributed by atoms with Gasteiger partial charge in [0.1, 0.15) is 18.1 Å². The van der Waals surface area contributed by atoms with E-state index in [1.54, 1.807) is 13.2 Å². The van der Waals surface area contributed by atoms with Crippen LogP contribution in [-0.2, 0) is 38.1 Å². The summed E-state index contributed by atoms with van der Waals surface area (Å²) < 4.78 is 28.2. The molecule has 9 heteroatoms. The van der Waals surface area contributed by atoms with Crippen molar-refractivity contribution in [1.82, 2.24) is 4.90 Å². The van der Waals surface area contributed by atoms with Crippen LogP contribution in [0.15, 0.2) is 42.5 Å². The van der Waals surface area contributed by atoms with Gasteiger partial charge in [-0.3, -0.25) is 4.79 Å². The lowest BCUT2D eigenvalue weighted by Crippen LogP contribution is -2.41. The largest absolute Gasteiger partial charge is 0.496 e. The Morgan fingerprint density at radius 1 is 1.08 bits per heavy atom. The van der Waals surface area contributed by atoms with Crippen LogP contribution in [0.5, 0.6) is 11.5 Å². The van der Waals surface area contributed by atoms with Gasteiger partial charge in [-0.15, -0.1) is 0 Å². The lowest BCUT2D eigenvalue weighted by Gasteiger charge is -2.36. The van der Waals surface area contributed by atoms with Crippen LogP contribution in [0.4, 0.5) is 4.79 Å². The topological polar surface area (TPSA) is 83.5 Å². The van der Waals surface area contributed by atoms with E-state index in [-0.39, 0.29) is 36.8 Å². The van der Waals surface area contributed by atoms with Crippen LogP contribution >= 0.6 is 0 Å². The van der Waals surface area contributed by atoms with Gasteiger partial charge in [-0.1, -0.05) is 51.1 Å².